The van der Waals surface area contributed by atoms with Crippen LogP contribution in [0.4, 0.5) is 5.82 Å². The lowest BCUT2D eigenvalue weighted by Gasteiger charge is -2.34. The number of nitrogens with one attached hydrogen (secondary N) is 1. The Morgan fingerprint density at radius 3 is 2.68 bits per heavy atom. The molecule has 1 saturated heterocycles. The molecule has 1 atom stereocenters. The molecule has 1 aliphatic rings. The molecule has 0 saturated carbocycles. The normalized spacial score (nSPS) is 17.8. The van der Waals surface area contributed by atoms with E-state index in [1.165, 1.54) is 17.7 Å². The Kier molecular flexibility index (Phi) is 10.6. The molecule has 0 aromatic carbocycles. The molecular formula is C18H32IN5S. The van der Waals surface area contributed by atoms with Crippen molar-refractivity contribution in [2.45, 2.75) is 39.0 Å². The lowest BCUT2D eigenvalue weighted by atomic mass is 10.2. The van der Waals surface area contributed by atoms with Crippen LogP contribution < -0.4 is 10.2 Å². The number of pyridine rings is 1. The predicted octanol–water partition coefficient (Wildman–Crippen LogP) is 3.45. The average Bonchev–Trinajstić information content (AvgIpc) is 2.64. The summed E-state index contributed by atoms with van der Waals surface area (Å²) in [7, 11) is 1.87. The zero-order valence-corrected chi connectivity index (χ0v) is 19.0. The summed E-state index contributed by atoms with van der Waals surface area (Å²) in [4.78, 5) is 13.7. The number of aliphatic imine (C=N–C) groups is 1. The molecule has 1 fully saturated rings. The molecule has 0 bridgehead atoms. The van der Waals surface area contributed by atoms with Crippen LogP contribution in [-0.4, -0.2) is 60.1 Å². The highest BCUT2D eigenvalue weighted by Crippen LogP contribution is 2.21. The van der Waals surface area contributed by atoms with Crippen molar-refractivity contribution in [1.82, 2.24) is 15.2 Å². The van der Waals surface area contributed by atoms with Crippen LogP contribution >= 0.6 is 35.7 Å². The van der Waals surface area contributed by atoms with Crippen molar-refractivity contribution in [3.8, 4) is 0 Å². The van der Waals surface area contributed by atoms with Gasteiger partial charge in [-0.3, -0.25) is 4.99 Å². The second-order valence-corrected chi connectivity index (χ2v) is 7.35. The minimum Gasteiger partial charge on any atom is -0.357 e. The number of hydrogen-bond donors (Lipinski definition) is 1. The molecule has 0 radical (unpaired) electrons. The molecule has 1 aromatic heterocycles. The van der Waals surface area contributed by atoms with Gasteiger partial charge < -0.3 is 15.1 Å². The Morgan fingerprint density at radius 2 is 2.12 bits per heavy atom. The third-order valence-corrected chi connectivity index (χ3v) is 5.82. The molecule has 2 rings (SSSR count). The lowest BCUT2D eigenvalue weighted by Crippen LogP contribution is -2.47. The fourth-order valence-electron chi connectivity index (χ4n) is 2.93. The molecule has 7 heteroatoms. The van der Waals surface area contributed by atoms with Gasteiger partial charge in [0.1, 0.15) is 5.82 Å². The van der Waals surface area contributed by atoms with Crippen molar-refractivity contribution >= 4 is 47.5 Å². The summed E-state index contributed by atoms with van der Waals surface area (Å²) in [5.74, 6) is 3.23. The van der Waals surface area contributed by atoms with E-state index < -0.39 is 0 Å². The quantitative estimate of drug-likeness (QED) is 0.386. The summed E-state index contributed by atoms with van der Waals surface area (Å²) < 4.78 is 0. The highest BCUT2D eigenvalue weighted by atomic mass is 127. The number of anilines is 1. The van der Waals surface area contributed by atoms with Gasteiger partial charge in [-0.15, -0.1) is 24.0 Å². The van der Waals surface area contributed by atoms with Crippen LogP contribution in [0.3, 0.4) is 0 Å². The van der Waals surface area contributed by atoms with Crippen molar-refractivity contribution in [3.63, 3.8) is 0 Å². The summed E-state index contributed by atoms with van der Waals surface area (Å²) in [6.45, 7) is 11.5. The van der Waals surface area contributed by atoms with Crippen LogP contribution in [0.5, 0.6) is 0 Å². The highest BCUT2D eigenvalue weighted by molar-refractivity contribution is 14.0. The zero-order valence-electron chi connectivity index (χ0n) is 15.9. The highest BCUT2D eigenvalue weighted by Gasteiger charge is 2.21. The monoisotopic (exact) mass is 477 g/mol. The molecule has 25 heavy (non-hydrogen) atoms. The molecule has 0 spiro atoms. The number of aromatic nitrogens is 1. The van der Waals surface area contributed by atoms with Crippen molar-refractivity contribution in [1.29, 1.82) is 0 Å². The first-order chi connectivity index (χ1) is 11.7. The largest absolute Gasteiger partial charge is 0.357 e. The van der Waals surface area contributed by atoms with Crippen LogP contribution in [0.1, 0.15) is 32.8 Å². The molecule has 142 valence electrons. The molecule has 1 N–H and O–H groups in total. The van der Waals surface area contributed by atoms with Crippen molar-refractivity contribution in [2.75, 3.05) is 43.9 Å². The average molecular weight is 477 g/mol. The van der Waals surface area contributed by atoms with E-state index in [9.17, 15) is 0 Å². The Morgan fingerprint density at radius 1 is 1.36 bits per heavy atom. The maximum absolute atomic E-state index is 4.59. The number of thioether (sulfide) groups is 1. The Hall–Kier alpha value is -0.700. The molecular weight excluding hydrogens is 445 g/mol. The summed E-state index contributed by atoms with van der Waals surface area (Å²) in [6, 6.07) is 4.26. The lowest BCUT2D eigenvalue weighted by molar-refractivity contribution is 0.408. The minimum absolute atomic E-state index is 0. The van der Waals surface area contributed by atoms with Gasteiger partial charge in [0.05, 0.1) is 0 Å². The van der Waals surface area contributed by atoms with Crippen LogP contribution in [0.2, 0.25) is 0 Å². The van der Waals surface area contributed by atoms with Crippen LogP contribution in [-0.2, 0) is 6.54 Å². The third kappa shape index (κ3) is 6.51. The number of rotatable bonds is 6. The number of nitrogens with zero attached hydrogens (tertiary/aromatic N) is 4. The van der Waals surface area contributed by atoms with E-state index in [-0.39, 0.29) is 24.0 Å². The first kappa shape index (κ1) is 22.3. The van der Waals surface area contributed by atoms with Gasteiger partial charge >= 0.3 is 0 Å². The topological polar surface area (TPSA) is 43.8 Å². The van der Waals surface area contributed by atoms with Crippen LogP contribution in [0, 0.1) is 0 Å². The molecule has 1 unspecified atom stereocenters. The number of halogens is 1. The van der Waals surface area contributed by atoms with Gasteiger partial charge in [0.25, 0.3) is 0 Å². The molecule has 0 amide bonds. The number of hydrogen-bond acceptors (Lipinski definition) is 4. The van der Waals surface area contributed by atoms with Crippen molar-refractivity contribution in [3.05, 3.63) is 23.9 Å². The first-order valence-corrected chi connectivity index (χ1v) is 10.0. The van der Waals surface area contributed by atoms with E-state index in [1.807, 2.05) is 13.2 Å². The van der Waals surface area contributed by atoms with Crippen LogP contribution in [0.25, 0.3) is 0 Å². The smallest absolute Gasteiger partial charge is 0.193 e. The Bertz CT molecular complexity index is 519. The van der Waals surface area contributed by atoms with Gasteiger partial charge in [-0.25, -0.2) is 4.98 Å². The molecule has 2 heterocycles. The standard InChI is InChI=1S/C18H31N5S.HI/c1-5-16-14-23(10-11-24-16)18(19-4)21-13-15-8-9-17(20-12-15)22(6-2)7-3;/h8-9,12,16H,5-7,10-11,13-14H2,1-4H3,(H,19,21);1H. The second-order valence-electron chi connectivity index (χ2n) is 5.94. The van der Waals surface area contributed by atoms with Gasteiger partial charge in [-0.05, 0) is 31.9 Å². The summed E-state index contributed by atoms with van der Waals surface area (Å²) in [5, 5.41) is 4.20. The molecule has 5 nitrogen and oxygen atoms in total. The van der Waals surface area contributed by atoms with Gasteiger partial charge in [0.15, 0.2) is 5.96 Å². The summed E-state index contributed by atoms with van der Waals surface area (Å²) in [6.07, 6.45) is 3.18. The van der Waals surface area contributed by atoms with Crippen LogP contribution in [0.15, 0.2) is 23.3 Å². The summed E-state index contributed by atoms with van der Waals surface area (Å²) in [5.41, 5.74) is 1.19. The van der Waals surface area contributed by atoms with Crippen molar-refractivity contribution < 1.29 is 0 Å². The van der Waals surface area contributed by atoms with E-state index in [0.717, 1.165) is 44.5 Å². The van der Waals surface area contributed by atoms with E-state index >= 15 is 0 Å². The summed E-state index contributed by atoms with van der Waals surface area (Å²) >= 11 is 2.08. The van der Waals surface area contributed by atoms with E-state index in [1.54, 1.807) is 0 Å². The van der Waals surface area contributed by atoms with Gasteiger partial charge in [0, 0.05) is 57.0 Å². The maximum Gasteiger partial charge on any atom is 0.193 e. The Labute approximate surface area is 174 Å². The van der Waals surface area contributed by atoms with Crippen molar-refractivity contribution in [2.24, 2.45) is 4.99 Å². The number of guanidine groups is 1. The fraction of sp³-hybridized carbons (Fsp3) is 0.667. The van der Waals surface area contributed by atoms with Gasteiger partial charge in [-0.2, -0.15) is 11.8 Å². The maximum atomic E-state index is 4.59. The SMILES string of the molecule is CCC1CN(C(=NC)NCc2ccc(N(CC)CC)nc2)CCS1.I. The van der Waals surface area contributed by atoms with Gasteiger partial charge in [0.2, 0.25) is 0 Å². The fourth-order valence-corrected chi connectivity index (χ4v) is 4.11. The predicted molar refractivity (Wildman–Crippen MR) is 122 cm³/mol. The first-order valence-electron chi connectivity index (χ1n) is 8.98. The van der Waals surface area contributed by atoms with E-state index in [0.29, 0.717) is 5.25 Å². The van der Waals surface area contributed by atoms with Gasteiger partial charge in [-0.1, -0.05) is 13.0 Å². The third-order valence-electron chi connectivity index (χ3n) is 4.45. The molecule has 1 aromatic rings. The Balaban J connectivity index is 0.00000312. The minimum atomic E-state index is 0. The second kappa shape index (κ2) is 11.8. The molecule has 0 aliphatic carbocycles. The van der Waals surface area contributed by atoms with E-state index in [2.05, 4.69) is 69.8 Å². The van der Waals surface area contributed by atoms with E-state index in [4.69, 9.17) is 0 Å². The molecule has 1 aliphatic heterocycles. The zero-order chi connectivity index (χ0) is 17.4.